The predicted octanol–water partition coefficient (Wildman–Crippen LogP) is 2.06. The summed E-state index contributed by atoms with van der Waals surface area (Å²) in [6, 6.07) is 3.27. The molecule has 0 spiro atoms. The molecular formula is C11H13FN2O3. The fourth-order valence-electron chi connectivity index (χ4n) is 1.98. The summed E-state index contributed by atoms with van der Waals surface area (Å²) in [5.41, 5.74) is -0.576. The van der Waals surface area contributed by atoms with Crippen LogP contribution in [0, 0.1) is 15.9 Å². The third kappa shape index (κ3) is 2.21. The molecule has 1 fully saturated rings. The summed E-state index contributed by atoms with van der Waals surface area (Å²) < 4.78 is 13.1. The summed E-state index contributed by atoms with van der Waals surface area (Å²) in [4.78, 5) is 10.2. The normalized spacial score (nSPS) is 17.3. The first-order chi connectivity index (χ1) is 8.06. The molecular weight excluding hydrogens is 227 g/mol. The Bertz CT molecular complexity index is 441. The largest absolute Gasteiger partial charge is 0.394 e. The Morgan fingerprint density at radius 1 is 1.53 bits per heavy atom. The van der Waals surface area contributed by atoms with Crippen LogP contribution in [0.5, 0.6) is 0 Å². The molecule has 17 heavy (non-hydrogen) atoms. The van der Waals surface area contributed by atoms with E-state index in [0.717, 1.165) is 37.5 Å². The first kappa shape index (κ1) is 11.8. The van der Waals surface area contributed by atoms with Crippen LogP contribution in [0.2, 0.25) is 0 Å². The number of nitrogens with one attached hydrogen (secondary N) is 1. The monoisotopic (exact) mass is 240 g/mol. The highest BCUT2D eigenvalue weighted by molar-refractivity contribution is 5.63. The van der Waals surface area contributed by atoms with Crippen molar-refractivity contribution in [2.75, 3.05) is 11.9 Å². The maximum Gasteiger partial charge on any atom is 0.292 e. The van der Waals surface area contributed by atoms with Crippen molar-refractivity contribution >= 4 is 11.4 Å². The summed E-state index contributed by atoms with van der Waals surface area (Å²) in [5, 5.41) is 23.0. The van der Waals surface area contributed by atoms with Gasteiger partial charge in [-0.15, -0.1) is 0 Å². The van der Waals surface area contributed by atoms with Crippen LogP contribution in [0.1, 0.15) is 19.3 Å². The van der Waals surface area contributed by atoms with E-state index < -0.39 is 16.3 Å². The SMILES string of the molecule is O=[N+]([O-])c1ccc(F)cc1NC1(CO)CCC1. The molecule has 6 heteroatoms. The molecule has 0 radical (unpaired) electrons. The van der Waals surface area contributed by atoms with Gasteiger partial charge >= 0.3 is 0 Å². The zero-order chi connectivity index (χ0) is 12.5. The minimum absolute atomic E-state index is 0.110. The Morgan fingerprint density at radius 3 is 2.71 bits per heavy atom. The number of aliphatic hydroxyl groups excluding tert-OH is 1. The number of rotatable bonds is 4. The van der Waals surface area contributed by atoms with Crippen molar-refractivity contribution < 1.29 is 14.4 Å². The maximum atomic E-state index is 13.1. The topological polar surface area (TPSA) is 75.4 Å². The molecule has 1 aromatic carbocycles. The lowest BCUT2D eigenvalue weighted by Crippen LogP contribution is -2.48. The fourth-order valence-corrected chi connectivity index (χ4v) is 1.98. The van der Waals surface area contributed by atoms with Crippen molar-refractivity contribution in [3.8, 4) is 0 Å². The summed E-state index contributed by atoms with van der Waals surface area (Å²) >= 11 is 0. The highest BCUT2D eigenvalue weighted by Gasteiger charge is 2.37. The second-order valence-corrected chi connectivity index (χ2v) is 4.34. The second-order valence-electron chi connectivity index (χ2n) is 4.34. The van der Waals surface area contributed by atoms with E-state index in [9.17, 15) is 19.6 Å². The Morgan fingerprint density at radius 2 is 2.24 bits per heavy atom. The van der Waals surface area contributed by atoms with E-state index in [1.54, 1.807) is 0 Å². The summed E-state index contributed by atoms with van der Waals surface area (Å²) in [6.45, 7) is -0.110. The lowest BCUT2D eigenvalue weighted by Gasteiger charge is -2.41. The molecule has 5 nitrogen and oxygen atoms in total. The van der Waals surface area contributed by atoms with Crippen LogP contribution in [0.15, 0.2) is 18.2 Å². The van der Waals surface area contributed by atoms with E-state index in [0.29, 0.717) is 0 Å². The lowest BCUT2D eigenvalue weighted by atomic mass is 9.77. The Hall–Kier alpha value is -1.69. The van der Waals surface area contributed by atoms with Gasteiger partial charge in [-0.05, 0) is 25.3 Å². The fraction of sp³-hybridized carbons (Fsp3) is 0.455. The number of aliphatic hydroxyl groups is 1. The molecule has 0 unspecified atom stereocenters. The van der Waals surface area contributed by atoms with Crippen molar-refractivity contribution in [3.05, 3.63) is 34.1 Å². The molecule has 0 atom stereocenters. The molecule has 1 saturated carbocycles. The van der Waals surface area contributed by atoms with E-state index in [1.807, 2.05) is 0 Å². The van der Waals surface area contributed by atoms with E-state index in [-0.39, 0.29) is 18.0 Å². The second kappa shape index (κ2) is 4.29. The average molecular weight is 240 g/mol. The van der Waals surface area contributed by atoms with Gasteiger partial charge in [-0.3, -0.25) is 10.1 Å². The van der Waals surface area contributed by atoms with Crippen LogP contribution in [-0.4, -0.2) is 22.2 Å². The number of halogens is 1. The summed E-state index contributed by atoms with van der Waals surface area (Å²) in [7, 11) is 0. The molecule has 1 aromatic rings. The van der Waals surface area contributed by atoms with Crippen molar-refractivity contribution in [1.82, 2.24) is 0 Å². The van der Waals surface area contributed by atoms with Crippen LogP contribution in [0.4, 0.5) is 15.8 Å². The van der Waals surface area contributed by atoms with Crippen molar-refractivity contribution in [2.24, 2.45) is 0 Å². The van der Waals surface area contributed by atoms with Crippen molar-refractivity contribution in [2.45, 2.75) is 24.8 Å². The van der Waals surface area contributed by atoms with Crippen LogP contribution in [0.3, 0.4) is 0 Å². The molecule has 0 bridgehead atoms. The minimum Gasteiger partial charge on any atom is -0.394 e. The molecule has 1 aliphatic rings. The molecule has 0 aromatic heterocycles. The summed E-state index contributed by atoms with van der Waals surface area (Å²) in [5.74, 6) is -0.537. The number of nitrogens with zero attached hydrogens (tertiary/aromatic N) is 1. The van der Waals surface area contributed by atoms with Crippen molar-refractivity contribution in [1.29, 1.82) is 0 Å². The number of benzene rings is 1. The van der Waals surface area contributed by atoms with Gasteiger partial charge in [0.2, 0.25) is 0 Å². The van der Waals surface area contributed by atoms with Gasteiger partial charge < -0.3 is 10.4 Å². The lowest BCUT2D eigenvalue weighted by molar-refractivity contribution is -0.384. The molecule has 92 valence electrons. The number of hydrogen-bond acceptors (Lipinski definition) is 4. The third-order valence-corrected chi connectivity index (χ3v) is 3.17. The van der Waals surface area contributed by atoms with Crippen molar-refractivity contribution in [3.63, 3.8) is 0 Å². The predicted molar refractivity (Wildman–Crippen MR) is 60.3 cm³/mol. The smallest absolute Gasteiger partial charge is 0.292 e. The molecule has 0 saturated heterocycles. The quantitative estimate of drug-likeness (QED) is 0.624. The Balaban J connectivity index is 2.30. The zero-order valence-electron chi connectivity index (χ0n) is 9.15. The molecule has 0 heterocycles. The van der Waals surface area contributed by atoms with E-state index in [1.165, 1.54) is 0 Å². The zero-order valence-corrected chi connectivity index (χ0v) is 9.15. The van der Waals surface area contributed by atoms with Gasteiger partial charge in [0.1, 0.15) is 11.5 Å². The van der Waals surface area contributed by atoms with Crippen LogP contribution < -0.4 is 5.32 Å². The number of anilines is 1. The van der Waals surface area contributed by atoms with Gasteiger partial charge in [-0.2, -0.15) is 0 Å². The number of hydrogen-bond donors (Lipinski definition) is 2. The highest BCUT2D eigenvalue weighted by atomic mass is 19.1. The summed E-state index contributed by atoms with van der Waals surface area (Å²) in [6.07, 6.45) is 2.42. The molecule has 2 rings (SSSR count). The molecule has 1 aliphatic carbocycles. The molecule has 0 amide bonds. The Labute approximate surface area is 97.4 Å². The standard InChI is InChI=1S/C11H13FN2O3/c12-8-2-3-10(14(16)17)9(6-8)13-11(7-15)4-1-5-11/h2-3,6,13,15H,1,4-5,7H2. The van der Waals surface area contributed by atoms with Crippen LogP contribution >= 0.6 is 0 Å². The first-order valence-electron chi connectivity index (χ1n) is 5.39. The number of nitro benzene ring substituents is 1. The van der Waals surface area contributed by atoms with E-state index >= 15 is 0 Å². The first-order valence-corrected chi connectivity index (χ1v) is 5.39. The molecule has 2 N–H and O–H groups in total. The van der Waals surface area contributed by atoms with Crippen LogP contribution in [-0.2, 0) is 0 Å². The van der Waals surface area contributed by atoms with Gasteiger partial charge in [0, 0.05) is 12.1 Å². The van der Waals surface area contributed by atoms with Gasteiger partial charge in [0.15, 0.2) is 0 Å². The number of nitro groups is 1. The van der Waals surface area contributed by atoms with Gasteiger partial charge in [0.25, 0.3) is 5.69 Å². The van der Waals surface area contributed by atoms with E-state index in [4.69, 9.17) is 0 Å². The third-order valence-electron chi connectivity index (χ3n) is 3.17. The molecule has 0 aliphatic heterocycles. The van der Waals surface area contributed by atoms with E-state index in [2.05, 4.69) is 5.32 Å². The maximum absolute atomic E-state index is 13.1. The minimum atomic E-state index is -0.564. The van der Waals surface area contributed by atoms with Gasteiger partial charge in [-0.25, -0.2) is 4.39 Å². The Kier molecular flexibility index (Phi) is 2.97. The van der Waals surface area contributed by atoms with Crippen LogP contribution in [0.25, 0.3) is 0 Å². The van der Waals surface area contributed by atoms with Gasteiger partial charge in [-0.1, -0.05) is 0 Å². The van der Waals surface area contributed by atoms with Gasteiger partial charge in [0.05, 0.1) is 17.1 Å². The highest BCUT2D eigenvalue weighted by Crippen LogP contribution is 2.37. The average Bonchev–Trinajstić information content (AvgIpc) is 2.23.